The van der Waals surface area contributed by atoms with Gasteiger partial charge in [-0.15, -0.1) is 0 Å². The van der Waals surface area contributed by atoms with Crippen LogP contribution >= 0.6 is 0 Å². The molecule has 1 aliphatic heterocycles. The van der Waals surface area contributed by atoms with Crippen molar-refractivity contribution >= 4 is 11.9 Å². The number of rotatable bonds is 4. The zero-order valence-electron chi connectivity index (χ0n) is 12.1. The lowest BCUT2D eigenvalue weighted by Gasteiger charge is -2.36. The first-order valence-corrected chi connectivity index (χ1v) is 6.82. The van der Waals surface area contributed by atoms with E-state index in [1.807, 2.05) is 32.9 Å². The molecule has 2 rings (SSSR count). The van der Waals surface area contributed by atoms with Crippen LogP contribution in [0.5, 0.6) is 5.75 Å². The highest BCUT2D eigenvalue weighted by Crippen LogP contribution is 2.29. The molecule has 0 spiro atoms. The van der Waals surface area contributed by atoms with Gasteiger partial charge in [-0.1, -0.05) is 12.1 Å². The third-order valence-corrected chi connectivity index (χ3v) is 3.87. The number of nitrogens with one attached hydrogen (secondary N) is 2. The van der Waals surface area contributed by atoms with Crippen LogP contribution in [0.3, 0.4) is 0 Å². The van der Waals surface area contributed by atoms with Crippen LogP contribution in [0.15, 0.2) is 24.3 Å². The molecule has 1 aromatic rings. The molecule has 0 aromatic heterocycles. The normalized spacial score (nSPS) is 22.5. The molecule has 5 nitrogen and oxygen atoms in total. The third kappa shape index (κ3) is 2.48. The molecule has 0 saturated carbocycles. The summed E-state index contributed by atoms with van der Waals surface area (Å²) >= 11 is 0. The van der Waals surface area contributed by atoms with E-state index in [2.05, 4.69) is 5.32 Å². The summed E-state index contributed by atoms with van der Waals surface area (Å²) in [6.45, 7) is 5.83. The van der Waals surface area contributed by atoms with Gasteiger partial charge in [0.25, 0.3) is 0 Å². The highest BCUT2D eigenvalue weighted by Gasteiger charge is 2.47. The second kappa shape index (κ2) is 5.15. The lowest BCUT2D eigenvalue weighted by atomic mass is 9.90. The molecule has 1 unspecified atom stereocenters. The van der Waals surface area contributed by atoms with Crippen molar-refractivity contribution in [2.45, 2.75) is 45.2 Å². The first-order chi connectivity index (χ1) is 9.34. The number of phenolic OH excluding ortho intramolecular Hbond substituents is 1. The van der Waals surface area contributed by atoms with Gasteiger partial charge in [-0.3, -0.25) is 10.7 Å². The standard InChI is InChI=1S/C15H21N3O2/c1-10(2)18-14(20)17-13(16)15(18,3)9-8-11-4-6-12(19)7-5-11/h4-7,10,19H,8-9H2,1-3H3,(H2,16,17,20). The van der Waals surface area contributed by atoms with E-state index in [4.69, 9.17) is 5.41 Å². The molecule has 0 bridgehead atoms. The average molecular weight is 275 g/mol. The Hall–Kier alpha value is -2.04. The van der Waals surface area contributed by atoms with E-state index >= 15 is 0 Å². The molecule has 1 fully saturated rings. The Bertz CT molecular complexity index is 524. The minimum Gasteiger partial charge on any atom is -0.508 e. The van der Waals surface area contributed by atoms with Gasteiger partial charge < -0.3 is 10.0 Å². The number of carbonyl (C=O) groups excluding carboxylic acids is 1. The maximum Gasteiger partial charge on any atom is 0.323 e. The van der Waals surface area contributed by atoms with E-state index in [0.717, 1.165) is 12.0 Å². The van der Waals surface area contributed by atoms with Crippen LogP contribution < -0.4 is 5.32 Å². The molecular formula is C15H21N3O2. The number of phenols is 1. The minimum atomic E-state index is -0.594. The van der Waals surface area contributed by atoms with Crippen molar-refractivity contribution < 1.29 is 9.90 Å². The smallest absolute Gasteiger partial charge is 0.323 e. The minimum absolute atomic E-state index is 0.0441. The predicted octanol–water partition coefficient (Wildman–Crippen LogP) is 2.49. The van der Waals surface area contributed by atoms with Gasteiger partial charge in [-0.2, -0.15) is 0 Å². The van der Waals surface area contributed by atoms with Crippen molar-refractivity contribution in [3.05, 3.63) is 29.8 Å². The molecule has 1 atom stereocenters. The molecule has 3 N–H and O–H groups in total. The number of nitrogens with zero attached hydrogens (tertiary/aromatic N) is 1. The van der Waals surface area contributed by atoms with E-state index < -0.39 is 5.54 Å². The van der Waals surface area contributed by atoms with E-state index in [1.165, 1.54) is 0 Å². The molecule has 0 aliphatic carbocycles. The molecule has 1 aliphatic rings. The molecule has 108 valence electrons. The highest BCUT2D eigenvalue weighted by molar-refractivity contribution is 6.08. The van der Waals surface area contributed by atoms with Gasteiger partial charge in [0.1, 0.15) is 11.6 Å². The third-order valence-electron chi connectivity index (χ3n) is 3.87. The van der Waals surface area contributed by atoms with Gasteiger partial charge >= 0.3 is 6.03 Å². The largest absolute Gasteiger partial charge is 0.508 e. The fraction of sp³-hybridized carbons (Fsp3) is 0.467. The second-order valence-electron chi connectivity index (χ2n) is 5.71. The summed E-state index contributed by atoms with van der Waals surface area (Å²) in [4.78, 5) is 13.7. The molecule has 5 heteroatoms. The summed E-state index contributed by atoms with van der Waals surface area (Å²) in [5.41, 5.74) is 0.489. The van der Waals surface area contributed by atoms with E-state index in [1.54, 1.807) is 17.0 Å². The number of benzene rings is 1. The van der Waals surface area contributed by atoms with Crippen molar-refractivity contribution in [1.29, 1.82) is 5.41 Å². The molecule has 2 amide bonds. The number of amidine groups is 1. The topological polar surface area (TPSA) is 76.4 Å². The van der Waals surface area contributed by atoms with Gasteiger partial charge in [0.15, 0.2) is 0 Å². The van der Waals surface area contributed by atoms with Crippen molar-refractivity contribution in [1.82, 2.24) is 10.2 Å². The van der Waals surface area contributed by atoms with Crippen LogP contribution in [0.25, 0.3) is 0 Å². The molecule has 1 saturated heterocycles. The quantitative estimate of drug-likeness (QED) is 0.789. The van der Waals surface area contributed by atoms with E-state index in [0.29, 0.717) is 6.42 Å². The summed E-state index contributed by atoms with van der Waals surface area (Å²) in [6.07, 6.45) is 1.42. The summed E-state index contributed by atoms with van der Waals surface area (Å²) in [6, 6.07) is 6.89. The lowest BCUT2D eigenvalue weighted by Crippen LogP contribution is -2.50. The predicted molar refractivity (Wildman–Crippen MR) is 78.1 cm³/mol. The first kappa shape index (κ1) is 14.4. The Labute approximate surface area is 119 Å². The zero-order chi connectivity index (χ0) is 14.9. The van der Waals surface area contributed by atoms with Crippen LogP contribution in [-0.4, -0.2) is 33.5 Å². The van der Waals surface area contributed by atoms with Gasteiger partial charge in [0, 0.05) is 6.04 Å². The number of aryl methyl sites for hydroxylation is 1. The second-order valence-corrected chi connectivity index (χ2v) is 5.71. The van der Waals surface area contributed by atoms with E-state index in [9.17, 15) is 9.90 Å². The Kier molecular flexibility index (Phi) is 3.70. The van der Waals surface area contributed by atoms with Crippen molar-refractivity contribution in [2.24, 2.45) is 0 Å². The Morgan fingerprint density at radius 1 is 1.35 bits per heavy atom. The van der Waals surface area contributed by atoms with Gasteiger partial charge in [-0.05, 0) is 51.3 Å². The van der Waals surface area contributed by atoms with Gasteiger partial charge in [-0.25, -0.2) is 4.79 Å². The van der Waals surface area contributed by atoms with Crippen LogP contribution in [0.1, 0.15) is 32.8 Å². The summed E-state index contributed by atoms with van der Waals surface area (Å²) in [5.74, 6) is 0.504. The molecule has 0 radical (unpaired) electrons. The van der Waals surface area contributed by atoms with Crippen LogP contribution in [0.4, 0.5) is 4.79 Å². The number of urea groups is 1. The van der Waals surface area contributed by atoms with Crippen LogP contribution in [0.2, 0.25) is 0 Å². The van der Waals surface area contributed by atoms with Crippen LogP contribution in [0, 0.1) is 5.41 Å². The molecule has 20 heavy (non-hydrogen) atoms. The summed E-state index contributed by atoms with van der Waals surface area (Å²) in [5, 5.41) is 19.9. The maximum absolute atomic E-state index is 11.9. The molecular weight excluding hydrogens is 254 g/mol. The van der Waals surface area contributed by atoms with Crippen molar-refractivity contribution in [2.75, 3.05) is 0 Å². The number of amides is 2. The lowest BCUT2D eigenvalue weighted by molar-refractivity contribution is 0.152. The van der Waals surface area contributed by atoms with Crippen molar-refractivity contribution in [3.8, 4) is 5.75 Å². The molecule has 1 aromatic carbocycles. The molecule has 1 heterocycles. The fourth-order valence-corrected chi connectivity index (χ4v) is 2.75. The van der Waals surface area contributed by atoms with Crippen LogP contribution in [-0.2, 0) is 6.42 Å². The number of hydrogen-bond donors (Lipinski definition) is 3. The average Bonchev–Trinajstić information content (AvgIpc) is 2.59. The first-order valence-electron chi connectivity index (χ1n) is 6.82. The van der Waals surface area contributed by atoms with Gasteiger partial charge in [0.2, 0.25) is 0 Å². The zero-order valence-corrected chi connectivity index (χ0v) is 12.1. The fourth-order valence-electron chi connectivity index (χ4n) is 2.75. The SMILES string of the molecule is CC(C)N1C(=O)NC(=N)C1(C)CCc1ccc(O)cc1. The Morgan fingerprint density at radius 3 is 2.50 bits per heavy atom. The number of aromatic hydroxyl groups is 1. The number of hydrogen-bond acceptors (Lipinski definition) is 3. The monoisotopic (exact) mass is 275 g/mol. The van der Waals surface area contributed by atoms with Crippen molar-refractivity contribution in [3.63, 3.8) is 0 Å². The maximum atomic E-state index is 11.9. The summed E-state index contributed by atoms with van der Waals surface area (Å²) < 4.78 is 0. The Balaban J connectivity index is 2.15. The number of carbonyl (C=O) groups is 1. The highest BCUT2D eigenvalue weighted by atomic mass is 16.3. The summed E-state index contributed by atoms with van der Waals surface area (Å²) in [7, 11) is 0. The van der Waals surface area contributed by atoms with Gasteiger partial charge in [0.05, 0.1) is 5.54 Å². The Morgan fingerprint density at radius 2 is 1.95 bits per heavy atom. The van der Waals surface area contributed by atoms with E-state index in [-0.39, 0.29) is 23.7 Å².